The Morgan fingerprint density at radius 2 is 2.12 bits per heavy atom. The summed E-state index contributed by atoms with van der Waals surface area (Å²) in [5, 5.41) is 7.52. The van der Waals surface area contributed by atoms with Crippen LogP contribution in [0.1, 0.15) is 36.5 Å². The van der Waals surface area contributed by atoms with E-state index in [1.165, 1.54) is 18.2 Å². The number of benzene rings is 1. The monoisotopic (exact) mass is 327 g/mol. The fourth-order valence-corrected chi connectivity index (χ4v) is 3.71. The van der Waals surface area contributed by atoms with Gasteiger partial charge in [0.25, 0.3) is 5.91 Å². The molecule has 2 bridgehead atoms. The van der Waals surface area contributed by atoms with Crippen LogP contribution in [0.25, 0.3) is 11.0 Å². The Hall–Kier alpha value is -2.34. The molecule has 0 aliphatic carbocycles. The van der Waals surface area contributed by atoms with Gasteiger partial charge in [0.2, 0.25) is 11.8 Å². The lowest BCUT2D eigenvalue weighted by atomic mass is 9.95. The normalized spacial score (nSPS) is 25.2. The molecule has 6 heteroatoms. The van der Waals surface area contributed by atoms with E-state index in [0.717, 1.165) is 18.2 Å². The Balaban J connectivity index is 1.53. The van der Waals surface area contributed by atoms with Gasteiger partial charge in [-0.05, 0) is 31.4 Å². The maximum absolute atomic E-state index is 12.5. The van der Waals surface area contributed by atoms with Crippen molar-refractivity contribution in [2.45, 2.75) is 44.3 Å². The van der Waals surface area contributed by atoms with Crippen LogP contribution < -0.4 is 15.5 Å². The number of carbonyl (C=O) groups excluding carboxylic acids is 2. The quantitative estimate of drug-likeness (QED) is 0.905. The molecule has 2 aliphatic rings. The minimum Gasteiger partial charge on any atom is -0.440 e. The van der Waals surface area contributed by atoms with Crippen molar-refractivity contribution in [3.8, 4) is 0 Å². The van der Waals surface area contributed by atoms with Gasteiger partial charge < -0.3 is 15.1 Å². The third kappa shape index (κ3) is 2.57. The summed E-state index contributed by atoms with van der Waals surface area (Å²) in [7, 11) is 1.66. The first-order valence-corrected chi connectivity index (χ1v) is 8.36. The van der Waals surface area contributed by atoms with E-state index in [9.17, 15) is 9.59 Å². The highest BCUT2D eigenvalue weighted by Gasteiger charge is 2.39. The molecule has 3 atom stereocenters. The molecule has 1 aromatic heterocycles. The Kier molecular flexibility index (Phi) is 3.57. The molecular formula is C18H21N3O3. The number of nitrogens with one attached hydrogen (secondary N) is 2. The van der Waals surface area contributed by atoms with Crippen molar-refractivity contribution in [1.82, 2.24) is 10.6 Å². The van der Waals surface area contributed by atoms with Crippen LogP contribution >= 0.6 is 0 Å². The van der Waals surface area contributed by atoms with Gasteiger partial charge in [-0.2, -0.15) is 0 Å². The van der Waals surface area contributed by atoms with Gasteiger partial charge in [-0.15, -0.1) is 0 Å². The van der Waals surface area contributed by atoms with Gasteiger partial charge in [-0.25, -0.2) is 0 Å². The second-order valence-electron chi connectivity index (χ2n) is 6.78. The zero-order valence-corrected chi connectivity index (χ0v) is 13.8. The second-order valence-corrected chi connectivity index (χ2v) is 6.78. The van der Waals surface area contributed by atoms with Crippen LogP contribution in [0.3, 0.4) is 0 Å². The van der Waals surface area contributed by atoms with Crippen LogP contribution in [0, 0.1) is 0 Å². The molecule has 2 aliphatic heterocycles. The van der Waals surface area contributed by atoms with E-state index in [0.29, 0.717) is 29.1 Å². The van der Waals surface area contributed by atoms with Crippen LogP contribution in [0.5, 0.6) is 0 Å². The predicted octanol–water partition coefficient (Wildman–Crippen LogP) is 2.04. The fraction of sp³-hybridized carbons (Fsp3) is 0.444. The lowest BCUT2D eigenvalue weighted by Crippen LogP contribution is -2.42. The average molecular weight is 327 g/mol. The van der Waals surface area contributed by atoms with Crippen molar-refractivity contribution in [2.75, 3.05) is 11.9 Å². The summed E-state index contributed by atoms with van der Waals surface area (Å²) < 4.78 is 5.71. The maximum Gasteiger partial charge on any atom is 0.251 e. The Morgan fingerprint density at radius 3 is 2.79 bits per heavy atom. The van der Waals surface area contributed by atoms with Crippen molar-refractivity contribution in [2.24, 2.45) is 0 Å². The van der Waals surface area contributed by atoms with Crippen molar-refractivity contribution in [3.05, 3.63) is 29.8 Å². The smallest absolute Gasteiger partial charge is 0.251 e. The molecule has 1 aromatic carbocycles. The van der Waals surface area contributed by atoms with Crippen molar-refractivity contribution in [3.63, 3.8) is 0 Å². The number of amides is 2. The number of nitrogens with zero attached hydrogens (tertiary/aromatic N) is 1. The molecule has 24 heavy (non-hydrogen) atoms. The minimum absolute atomic E-state index is 0.0749. The SMILES string of the molecule is CC(=O)N(C)c1cc2ccc(C(=O)N[C@@H]3C[C@H]4CC[C@@H]3N4)cc2o1. The van der Waals surface area contributed by atoms with E-state index >= 15 is 0 Å². The maximum atomic E-state index is 12.5. The van der Waals surface area contributed by atoms with E-state index in [1.54, 1.807) is 25.2 Å². The Labute approximate surface area is 140 Å². The van der Waals surface area contributed by atoms with E-state index in [2.05, 4.69) is 10.6 Å². The topological polar surface area (TPSA) is 74.6 Å². The number of hydrogen-bond acceptors (Lipinski definition) is 4. The van der Waals surface area contributed by atoms with Gasteiger partial charge in [-0.3, -0.25) is 14.5 Å². The average Bonchev–Trinajstić information content (AvgIpc) is 3.27. The molecule has 2 amide bonds. The third-order valence-corrected chi connectivity index (χ3v) is 5.19. The van der Waals surface area contributed by atoms with Gasteiger partial charge in [0.05, 0.1) is 0 Å². The number of anilines is 1. The molecule has 2 saturated heterocycles. The van der Waals surface area contributed by atoms with Gasteiger partial charge in [-0.1, -0.05) is 6.07 Å². The summed E-state index contributed by atoms with van der Waals surface area (Å²) in [6.45, 7) is 1.48. The molecule has 3 heterocycles. The number of fused-ring (bicyclic) bond motifs is 3. The molecule has 0 unspecified atom stereocenters. The molecule has 6 nitrogen and oxygen atoms in total. The predicted molar refractivity (Wildman–Crippen MR) is 91.1 cm³/mol. The summed E-state index contributed by atoms with van der Waals surface area (Å²) in [6.07, 6.45) is 3.35. The minimum atomic E-state index is -0.101. The highest BCUT2D eigenvalue weighted by atomic mass is 16.4. The molecule has 2 N–H and O–H groups in total. The molecule has 2 fully saturated rings. The Bertz CT molecular complexity index is 813. The lowest BCUT2D eigenvalue weighted by Gasteiger charge is -2.21. The number of furan rings is 1. The third-order valence-electron chi connectivity index (χ3n) is 5.19. The van der Waals surface area contributed by atoms with Crippen molar-refractivity contribution < 1.29 is 14.0 Å². The summed E-state index contributed by atoms with van der Waals surface area (Å²) in [6, 6.07) is 8.36. The zero-order valence-electron chi connectivity index (χ0n) is 13.8. The van der Waals surface area contributed by atoms with Crippen molar-refractivity contribution in [1.29, 1.82) is 0 Å². The van der Waals surface area contributed by atoms with E-state index in [1.807, 2.05) is 6.07 Å². The molecule has 0 saturated carbocycles. The highest BCUT2D eigenvalue weighted by molar-refractivity contribution is 5.99. The second kappa shape index (κ2) is 5.63. The van der Waals surface area contributed by atoms with Gasteiger partial charge in [0.15, 0.2) is 0 Å². The largest absolute Gasteiger partial charge is 0.440 e. The number of rotatable bonds is 3. The lowest BCUT2D eigenvalue weighted by molar-refractivity contribution is -0.116. The van der Waals surface area contributed by atoms with Gasteiger partial charge in [0, 0.05) is 49.1 Å². The van der Waals surface area contributed by atoms with Crippen LogP contribution in [0.15, 0.2) is 28.7 Å². The molecule has 2 aromatic rings. The standard InChI is InChI=1S/C18H21N3O3/c1-10(22)21(2)17-8-11-3-4-12(7-16(11)24-17)18(23)20-15-9-13-5-6-14(15)19-13/h3-4,7-8,13-15,19H,5-6,9H2,1-2H3,(H,20,23)/t13-,14+,15-/m1/s1. The molecule has 126 valence electrons. The van der Waals surface area contributed by atoms with Gasteiger partial charge in [0.1, 0.15) is 5.58 Å². The number of hydrogen-bond donors (Lipinski definition) is 2. The molecular weight excluding hydrogens is 306 g/mol. The summed E-state index contributed by atoms with van der Waals surface area (Å²) in [4.78, 5) is 25.4. The van der Waals surface area contributed by atoms with E-state index in [-0.39, 0.29) is 17.9 Å². The number of carbonyl (C=O) groups is 2. The molecule has 4 rings (SSSR count). The zero-order chi connectivity index (χ0) is 16.8. The first-order chi connectivity index (χ1) is 11.5. The van der Waals surface area contributed by atoms with Crippen molar-refractivity contribution >= 4 is 28.7 Å². The summed E-state index contributed by atoms with van der Waals surface area (Å²) in [5.41, 5.74) is 1.19. The first kappa shape index (κ1) is 15.2. The molecule has 0 radical (unpaired) electrons. The van der Waals surface area contributed by atoms with Crippen LogP contribution in [0.4, 0.5) is 5.88 Å². The Morgan fingerprint density at radius 1 is 1.29 bits per heavy atom. The first-order valence-electron chi connectivity index (χ1n) is 8.36. The van der Waals surface area contributed by atoms with Gasteiger partial charge >= 0.3 is 0 Å². The van der Waals surface area contributed by atoms with E-state index in [4.69, 9.17) is 4.42 Å². The summed E-state index contributed by atoms with van der Waals surface area (Å²) in [5.74, 6) is 0.303. The molecule has 0 spiro atoms. The highest BCUT2D eigenvalue weighted by Crippen LogP contribution is 2.29. The summed E-state index contributed by atoms with van der Waals surface area (Å²) >= 11 is 0. The fourth-order valence-electron chi connectivity index (χ4n) is 3.71. The van der Waals surface area contributed by atoms with Crippen LogP contribution in [0.2, 0.25) is 0 Å². The van der Waals surface area contributed by atoms with E-state index < -0.39 is 0 Å². The van der Waals surface area contributed by atoms with Crippen LogP contribution in [-0.4, -0.2) is 37.0 Å². The van der Waals surface area contributed by atoms with Crippen LogP contribution in [-0.2, 0) is 4.79 Å².